The minimum atomic E-state index is 0.451. The van der Waals surface area contributed by atoms with Gasteiger partial charge in [-0.1, -0.05) is 5.92 Å². The summed E-state index contributed by atoms with van der Waals surface area (Å²) in [6.45, 7) is 0.451. The molecule has 0 radical (unpaired) electrons. The van der Waals surface area contributed by atoms with Crippen LogP contribution in [0.2, 0.25) is 0 Å². The van der Waals surface area contributed by atoms with Gasteiger partial charge in [0.05, 0.1) is 12.4 Å². The van der Waals surface area contributed by atoms with Crippen LogP contribution in [0.15, 0.2) is 12.4 Å². The molecule has 1 aromatic heterocycles. The van der Waals surface area contributed by atoms with Crippen molar-refractivity contribution in [3.05, 3.63) is 12.4 Å². The average Bonchev–Trinajstić information content (AvgIpc) is 2.19. The summed E-state index contributed by atoms with van der Waals surface area (Å²) >= 11 is 0. The van der Waals surface area contributed by atoms with Gasteiger partial charge in [0.2, 0.25) is 0 Å². The molecule has 0 aliphatic heterocycles. The van der Waals surface area contributed by atoms with Crippen LogP contribution in [0.5, 0.6) is 0 Å². The van der Waals surface area contributed by atoms with Gasteiger partial charge in [-0.3, -0.25) is 0 Å². The van der Waals surface area contributed by atoms with E-state index in [0.29, 0.717) is 6.54 Å². The van der Waals surface area contributed by atoms with Crippen LogP contribution in [0.25, 0.3) is 0 Å². The lowest BCUT2D eigenvalue weighted by atomic mass is 10.7. The van der Waals surface area contributed by atoms with E-state index < -0.39 is 0 Å². The van der Waals surface area contributed by atoms with E-state index in [0.717, 1.165) is 0 Å². The molecule has 8 heavy (non-hydrogen) atoms. The molecule has 0 aliphatic carbocycles. The fraction of sp³-hybridized carbons (Fsp3) is 0.200. The summed E-state index contributed by atoms with van der Waals surface area (Å²) in [5, 5.41) is 7.54. The first-order chi connectivity index (χ1) is 3.93. The number of terminal acetylenes is 1. The Morgan fingerprint density at radius 1 is 1.50 bits per heavy atom. The second-order valence-corrected chi connectivity index (χ2v) is 1.26. The van der Waals surface area contributed by atoms with Gasteiger partial charge in [0, 0.05) is 0 Å². The van der Waals surface area contributed by atoms with Gasteiger partial charge in [-0.15, -0.1) is 6.42 Å². The Hall–Kier alpha value is -1.30. The van der Waals surface area contributed by atoms with E-state index in [-0.39, 0.29) is 0 Å². The zero-order chi connectivity index (χ0) is 5.82. The third-order valence-corrected chi connectivity index (χ3v) is 0.699. The lowest BCUT2D eigenvalue weighted by Gasteiger charge is -1.85. The predicted octanol–water partition coefficient (Wildman–Crippen LogP) is -0.0887. The molecule has 0 N–H and O–H groups in total. The van der Waals surface area contributed by atoms with E-state index in [9.17, 15) is 0 Å². The van der Waals surface area contributed by atoms with Crippen molar-refractivity contribution in [2.75, 3.05) is 0 Å². The third kappa shape index (κ3) is 0.850. The van der Waals surface area contributed by atoms with Crippen molar-refractivity contribution in [1.29, 1.82) is 0 Å². The molecule has 0 atom stereocenters. The van der Waals surface area contributed by atoms with Crippen LogP contribution >= 0.6 is 0 Å². The van der Waals surface area contributed by atoms with E-state index >= 15 is 0 Å². The monoisotopic (exact) mass is 107 g/mol. The largest absolute Gasteiger partial charge is 0.173 e. The molecule has 0 amide bonds. The minimum absolute atomic E-state index is 0.451. The topological polar surface area (TPSA) is 30.7 Å². The van der Waals surface area contributed by atoms with E-state index in [1.54, 1.807) is 12.4 Å². The highest BCUT2D eigenvalue weighted by Crippen LogP contribution is 1.73. The lowest BCUT2D eigenvalue weighted by Crippen LogP contribution is -1.98. The standard InChI is InChI=1S/C5H5N3/c1-2-5-8-6-3-4-7-8/h1,3-4H,5H2. The molecular formula is C5H5N3. The summed E-state index contributed by atoms with van der Waals surface area (Å²) in [5.74, 6) is 2.41. The highest BCUT2D eigenvalue weighted by Gasteiger charge is 1.81. The second-order valence-electron chi connectivity index (χ2n) is 1.26. The molecule has 0 saturated heterocycles. The maximum Gasteiger partial charge on any atom is 0.121 e. The van der Waals surface area contributed by atoms with Gasteiger partial charge >= 0.3 is 0 Å². The molecule has 0 aliphatic rings. The first kappa shape index (κ1) is 4.85. The molecule has 3 heteroatoms. The van der Waals surface area contributed by atoms with Gasteiger partial charge in [-0.2, -0.15) is 15.0 Å². The van der Waals surface area contributed by atoms with Crippen molar-refractivity contribution >= 4 is 0 Å². The summed E-state index contributed by atoms with van der Waals surface area (Å²) in [7, 11) is 0. The molecule has 1 heterocycles. The summed E-state index contributed by atoms with van der Waals surface area (Å²) in [6.07, 6.45) is 8.16. The van der Waals surface area contributed by atoms with Crippen molar-refractivity contribution in [2.45, 2.75) is 6.54 Å². The number of aromatic nitrogens is 3. The molecular weight excluding hydrogens is 102 g/mol. The van der Waals surface area contributed by atoms with Gasteiger partial charge in [0.15, 0.2) is 0 Å². The van der Waals surface area contributed by atoms with E-state index in [1.807, 2.05) is 0 Å². The van der Waals surface area contributed by atoms with Crippen LogP contribution in [0.3, 0.4) is 0 Å². The summed E-state index contributed by atoms with van der Waals surface area (Å²) in [5.41, 5.74) is 0. The predicted molar refractivity (Wildman–Crippen MR) is 28.9 cm³/mol. The summed E-state index contributed by atoms with van der Waals surface area (Å²) in [6, 6.07) is 0. The van der Waals surface area contributed by atoms with Gasteiger partial charge < -0.3 is 0 Å². The first-order valence-corrected chi connectivity index (χ1v) is 2.21. The van der Waals surface area contributed by atoms with E-state index in [2.05, 4.69) is 16.1 Å². The maximum absolute atomic E-state index is 4.97. The zero-order valence-corrected chi connectivity index (χ0v) is 4.28. The van der Waals surface area contributed by atoms with Crippen LogP contribution in [0.4, 0.5) is 0 Å². The van der Waals surface area contributed by atoms with Crippen molar-refractivity contribution in [3.63, 3.8) is 0 Å². The van der Waals surface area contributed by atoms with Crippen LogP contribution in [0, 0.1) is 12.3 Å². The normalized spacial score (nSPS) is 8.38. The van der Waals surface area contributed by atoms with Crippen molar-refractivity contribution in [2.24, 2.45) is 0 Å². The van der Waals surface area contributed by atoms with E-state index in [4.69, 9.17) is 6.42 Å². The molecule has 0 saturated carbocycles. The molecule has 0 aromatic carbocycles. The number of rotatable bonds is 1. The molecule has 40 valence electrons. The van der Waals surface area contributed by atoms with Gasteiger partial charge in [-0.05, 0) is 0 Å². The average molecular weight is 107 g/mol. The van der Waals surface area contributed by atoms with Crippen LogP contribution < -0.4 is 0 Å². The van der Waals surface area contributed by atoms with Crippen LogP contribution in [0.1, 0.15) is 0 Å². The van der Waals surface area contributed by atoms with Gasteiger partial charge in [0.25, 0.3) is 0 Å². The molecule has 0 unspecified atom stereocenters. The van der Waals surface area contributed by atoms with Crippen molar-refractivity contribution in [3.8, 4) is 12.3 Å². The molecule has 1 aromatic rings. The van der Waals surface area contributed by atoms with Gasteiger partial charge in [-0.25, -0.2) is 0 Å². The molecule has 1 rings (SSSR count). The van der Waals surface area contributed by atoms with Gasteiger partial charge in [0.1, 0.15) is 6.54 Å². The Labute approximate surface area is 47.3 Å². The Morgan fingerprint density at radius 3 is 2.62 bits per heavy atom. The first-order valence-electron chi connectivity index (χ1n) is 2.21. The fourth-order valence-corrected chi connectivity index (χ4v) is 0.407. The minimum Gasteiger partial charge on any atom is -0.173 e. The van der Waals surface area contributed by atoms with E-state index in [1.165, 1.54) is 4.80 Å². The molecule has 3 nitrogen and oxygen atoms in total. The highest BCUT2D eigenvalue weighted by atomic mass is 15.5. The zero-order valence-electron chi connectivity index (χ0n) is 4.28. The smallest absolute Gasteiger partial charge is 0.121 e. The number of hydrogen-bond donors (Lipinski definition) is 0. The maximum atomic E-state index is 4.97. The van der Waals surface area contributed by atoms with Crippen LogP contribution in [-0.4, -0.2) is 15.0 Å². The number of hydrogen-bond acceptors (Lipinski definition) is 2. The Balaban J connectivity index is 2.67. The Morgan fingerprint density at radius 2 is 2.12 bits per heavy atom. The Kier molecular flexibility index (Phi) is 1.29. The summed E-state index contributed by atoms with van der Waals surface area (Å²) in [4.78, 5) is 1.44. The molecule has 0 fully saturated rings. The summed E-state index contributed by atoms with van der Waals surface area (Å²) < 4.78 is 0. The third-order valence-electron chi connectivity index (χ3n) is 0.699. The fourth-order valence-electron chi connectivity index (χ4n) is 0.407. The highest BCUT2D eigenvalue weighted by molar-refractivity contribution is 4.82. The van der Waals surface area contributed by atoms with Crippen molar-refractivity contribution < 1.29 is 0 Å². The van der Waals surface area contributed by atoms with Crippen molar-refractivity contribution in [1.82, 2.24) is 15.0 Å². The number of nitrogens with zero attached hydrogens (tertiary/aromatic N) is 3. The second kappa shape index (κ2) is 2.12. The van der Waals surface area contributed by atoms with Crippen LogP contribution in [-0.2, 0) is 6.54 Å². The molecule has 0 spiro atoms. The SMILES string of the molecule is C#CCn1nccn1. The lowest BCUT2D eigenvalue weighted by molar-refractivity contribution is 0.612. The Bertz CT molecular complexity index is 182. The quantitative estimate of drug-likeness (QED) is 0.469. The molecule has 0 bridgehead atoms.